The van der Waals surface area contributed by atoms with Crippen molar-refractivity contribution >= 4 is 45.8 Å². The summed E-state index contributed by atoms with van der Waals surface area (Å²) in [5.74, 6) is 0. The van der Waals surface area contributed by atoms with E-state index in [0.717, 1.165) is 64.6 Å². The zero-order valence-corrected chi connectivity index (χ0v) is 18.5. The molecule has 2 aromatic rings. The van der Waals surface area contributed by atoms with E-state index in [4.69, 9.17) is 34.6 Å². The minimum atomic E-state index is 0.725. The summed E-state index contributed by atoms with van der Waals surface area (Å²) in [6.07, 6.45) is 4.90. The SMILES string of the molecule is CN(N=C1CCCCC(=NN(C)C(=S)c2ccccc2)C1)C(=S)c1ccccc1. The highest BCUT2D eigenvalue weighted by molar-refractivity contribution is 7.80. The second-order valence-corrected chi connectivity index (χ2v) is 7.88. The van der Waals surface area contributed by atoms with E-state index >= 15 is 0 Å². The molecule has 0 unspecified atom stereocenters. The first-order chi connectivity index (χ1) is 14.0. The third-order valence-corrected chi connectivity index (χ3v) is 5.80. The van der Waals surface area contributed by atoms with Crippen LogP contribution in [-0.4, -0.2) is 45.5 Å². The molecule has 2 aromatic carbocycles. The van der Waals surface area contributed by atoms with Gasteiger partial charge in [0, 0.05) is 43.1 Å². The summed E-state index contributed by atoms with van der Waals surface area (Å²) < 4.78 is 0. The van der Waals surface area contributed by atoms with Gasteiger partial charge in [0.05, 0.1) is 0 Å². The van der Waals surface area contributed by atoms with Gasteiger partial charge >= 0.3 is 0 Å². The predicted molar refractivity (Wildman–Crippen MR) is 130 cm³/mol. The van der Waals surface area contributed by atoms with Gasteiger partial charge in [-0.25, -0.2) is 0 Å². The Balaban J connectivity index is 1.72. The number of hydrogen-bond acceptors (Lipinski definition) is 4. The lowest BCUT2D eigenvalue weighted by Crippen LogP contribution is -2.24. The Kier molecular flexibility index (Phi) is 7.61. The van der Waals surface area contributed by atoms with Crippen molar-refractivity contribution in [3.63, 3.8) is 0 Å². The monoisotopic (exact) mass is 422 g/mol. The molecule has 4 nitrogen and oxygen atoms in total. The number of nitrogens with zero attached hydrogens (tertiary/aromatic N) is 4. The molecule has 0 spiro atoms. The lowest BCUT2D eigenvalue weighted by molar-refractivity contribution is 0.548. The van der Waals surface area contributed by atoms with Crippen LogP contribution in [0, 0.1) is 0 Å². The topological polar surface area (TPSA) is 31.2 Å². The van der Waals surface area contributed by atoms with Crippen molar-refractivity contribution in [2.45, 2.75) is 32.1 Å². The molecule has 0 bridgehead atoms. The van der Waals surface area contributed by atoms with Crippen molar-refractivity contribution in [1.82, 2.24) is 10.0 Å². The van der Waals surface area contributed by atoms with Gasteiger partial charge in [0.25, 0.3) is 0 Å². The van der Waals surface area contributed by atoms with Gasteiger partial charge < -0.3 is 0 Å². The van der Waals surface area contributed by atoms with Gasteiger partial charge in [-0.1, -0.05) is 85.1 Å². The summed E-state index contributed by atoms with van der Waals surface area (Å²) in [5, 5.41) is 13.2. The Bertz CT molecular complexity index is 831. The summed E-state index contributed by atoms with van der Waals surface area (Å²) in [6.45, 7) is 0. The molecule has 1 fully saturated rings. The third kappa shape index (κ3) is 6.02. The Labute approximate surface area is 183 Å². The highest BCUT2D eigenvalue weighted by atomic mass is 32.1. The van der Waals surface area contributed by atoms with Gasteiger partial charge in [-0.2, -0.15) is 10.2 Å². The van der Waals surface area contributed by atoms with Gasteiger partial charge in [0.2, 0.25) is 0 Å². The molecule has 1 aliphatic rings. The summed E-state index contributed by atoms with van der Waals surface area (Å²) in [4.78, 5) is 1.45. The molecule has 0 amide bonds. The van der Waals surface area contributed by atoms with Gasteiger partial charge in [-0.3, -0.25) is 10.0 Å². The van der Waals surface area contributed by atoms with Gasteiger partial charge in [0.15, 0.2) is 0 Å². The maximum atomic E-state index is 5.60. The molecule has 29 heavy (non-hydrogen) atoms. The second kappa shape index (κ2) is 10.4. The van der Waals surface area contributed by atoms with E-state index in [9.17, 15) is 0 Å². The molecule has 0 N–H and O–H groups in total. The van der Waals surface area contributed by atoms with E-state index in [-0.39, 0.29) is 0 Å². The fourth-order valence-corrected chi connectivity index (χ4v) is 3.65. The largest absolute Gasteiger partial charge is 0.257 e. The second-order valence-electron chi connectivity index (χ2n) is 7.11. The summed E-state index contributed by atoms with van der Waals surface area (Å²) in [6, 6.07) is 20.0. The van der Waals surface area contributed by atoms with Crippen LogP contribution in [-0.2, 0) is 0 Å². The van der Waals surface area contributed by atoms with Crippen LogP contribution in [0.25, 0.3) is 0 Å². The summed E-state index contributed by atoms with van der Waals surface area (Å²) in [5.41, 5.74) is 4.23. The molecule has 0 heterocycles. The molecule has 1 saturated carbocycles. The van der Waals surface area contributed by atoms with E-state index in [2.05, 4.69) is 0 Å². The van der Waals surface area contributed by atoms with Crippen LogP contribution in [0.3, 0.4) is 0 Å². The molecular formula is C23H26N4S2. The zero-order valence-electron chi connectivity index (χ0n) is 16.9. The van der Waals surface area contributed by atoms with Crippen LogP contribution in [0.4, 0.5) is 0 Å². The van der Waals surface area contributed by atoms with Crippen LogP contribution in [0.1, 0.15) is 43.2 Å². The van der Waals surface area contributed by atoms with Crippen LogP contribution in [0.15, 0.2) is 70.9 Å². The van der Waals surface area contributed by atoms with E-state index in [1.54, 1.807) is 10.0 Å². The van der Waals surface area contributed by atoms with E-state index in [1.165, 1.54) is 0 Å². The number of hydrazone groups is 2. The van der Waals surface area contributed by atoms with Crippen LogP contribution >= 0.6 is 24.4 Å². The van der Waals surface area contributed by atoms with E-state index in [1.807, 2.05) is 74.8 Å². The molecule has 0 saturated heterocycles. The van der Waals surface area contributed by atoms with Crippen molar-refractivity contribution in [3.8, 4) is 0 Å². The minimum Gasteiger partial charge on any atom is -0.257 e. The fraction of sp³-hybridized carbons (Fsp3) is 0.304. The first kappa shape index (κ1) is 21.3. The third-order valence-electron chi connectivity index (χ3n) is 4.80. The number of hydrogen-bond donors (Lipinski definition) is 0. The molecule has 0 atom stereocenters. The molecule has 6 heteroatoms. The Morgan fingerprint density at radius 3 is 1.45 bits per heavy atom. The molecule has 0 radical (unpaired) electrons. The molecule has 0 aliphatic heterocycles. The molecule has 3 rings (SSSR count). The number of rotatable bonds is 4. The summed E-state index contributed by atoms with van der Waals surface area (Å²) >= 11 is 11.2. The average molecular weight is 423 g/mol. The van der Waals surface area contributed by atoms with Crippen LogP contribution in [0.2, 0.25) is 0 Å². The quantitative estimate of drug-likeness (QED) is 0.381. The predicted octanol–water partition coefficient (Wildman–Crippen LogP) is 5.28. The highest BCUT2D eigenvalue weighted by Gasteiger charge is 2.16. The van der Waals surface area contributed by atoms with Crippen molar-refractivity contribution in [2.24, 2.45) is 10.2 Å². The van der Waals surface area contributed by atoms with Crippen molar-refractivity contribution in [3.05, 3.63) is 71.8 Å². The first-order valence-electron chi connectivity index (χ1n) is 9.83. The van der Waals surface area contributed by atoms with Gasteiger partial charge in [-0.05, 0) is 25.7 Å². The van der Waals surface area contributed by atoms with Gasteiger partial charge in [0.1, 0.15) is 9.98 Å². The fourth-order valence-electron chi connectivity index (χ4n) is 3.29. The number of thiocarbonyl (C=S) groups is 2. The smallest absolute Gasteiger partial charge is 0.129 e. The molecular weight excluding hydrogens is 396 g/mol. The average Bonchev–Trinajstić information content (AvgIpc) is 2.98. The minimum absolute atomic E-state index is 0.725. The normalized spacial score (nSPS) is 17.0. The van der Waals surface area contributed by atoms with Crippen molar-refractivity contribution in [2.75, 3.05) is 14.1 Å². The lowest BCUT2D eigenvalue weighted by atomic mass is 10.1. The molecule has 0 aromatic heterocycles. The standard InChI is InChI=1S/C23H26N4S2/c1-26(22(28)18-11-5-3-6-12-18)24-20-15-9-10-16-21(17-20)25-27(2)23(29)19-13-7-4-8-14-19/h3-8,11-14H,9-10,15-17H2,1-2H3. The van der Waals surface area contributed by atoms with Crippen LogP contribution < -0.4 is 0 Å². The Morgan fingerprint density at radius 1 is 0.690 bits per heavy atom. The van der Waals surface area contributed by atoms with E-state index < -0.39 is 0 Å². The molecule has 150 valence electrons. The summed E-state index contributed by atoms with van der Waals surface area (Å²) in [7, 11) is 3.83. The van der Waals surface area contributed by atoms with Crippen molar-refractivity contribution < 1.29 is 0 Å². The van der Waals surface area contributed by atoms with Crippen LogP contribution in [0.5, 0.6) is 0 Å². The maximum absolute atomic E-state index is 5.60. The highest BCUT2D eigenvalue weighted by Crippen LogP contribution is 2.17. The van der Waals surface area contributed by atoms with E-state index in [0.29, 0.717) is 0 Å². The Hall–Kier alpha value is -2.44. The maximum Gasteiger partial charge on any atom is 0.129 e. The number of benzene rings is 2. The molecule has 1 aliphatic carbocycles. The Morgan fingerprint density at radius 2 is 1.07 bits per heavy atom. The van der Waals surface area contributed by atoms with Crippen molar-refractivity contribution in [1.29, 1.82) is 0 Å². The van der Waals surface area contributed by atoms with Gasteiger partial charge in [-0.15, -0.1) is 0 Å². The lowest BCUT2D eigenvalue weighted by Gasteiger charge is -2.18. The zero-order chi connectivity index (χ0) is 20.6. The first-order valence-corrected chi connectivity index (χ1v) is 10.6.